The largest absolute Gasteiger partial charge is 0.486 e. The van der Waals surface area contributed by atoms with Gasteiger partial charge in [0.05, 0.1) is 12.1 Å². The van der Waals surface area contributed by atoms with E-state index in [9.17, 15) is 9.59 Å². The maximum absolute atomic E-state index is 12.7. The van der Waals surface area contributed by atoms with Crippen LogP contribution in [0.25, 0.3) is 0 Å². The Labute approximate surface area is 172 Å². The van der Waals surface area contributed by atoms with Crippen LogP contribution in [-0.4, -0.2) is 36.1 Å². The van der Waals surface area contributed by atoms with Crippen molar-refractivity contribution in [1.82, 2.24) is 4.57 Å². The second kappa shape index (κ2) is 8.13. The molecule has 4 rings (SSSR count). The van der Waals surface area contributed by atoms with E-state index in [-0.39, 0.29) is 12.4 Å². The van der Waals surface area contributed by atoms with E-state index < -0.39 is 5.97 Å². The molecule has 0 fully saturated rings. The van der Waals surface area contributed by atoms with Gasteiger partial charge in [-0.2, -0.15) is 0 Å². The van der Waals surface area contributed by atoms with Gasteiger partial charge in [0.2, 0.25) is 5.78 Å². The zero-order chi connectivity index (χ0) is 20.4. The van der Waals surface area contributed by atoms with E-state index in [1.165, 1.54) is 4.88 Å². The van der Waals surface area contributed by atoms with Crippen LogP contribution < -0.4 is 9.47 Å². The fourth-order valence-electron chi connectivity index (χ4n) is 3.35. The molecule has 0 atom stereocenters. The standard InChI is InChI=1S/C22H21NO5S/c1-14-10-18(15(2)23(14)12-17-4-3-9-29-17)19(24)13-28-22(25)16-5-6-20-21(11-16)27-8-7-26-20/h3-6,9-11H,7-8,12-13H2,1-2H3. The molecule has 0 radical (unpaired) electrons. The number of carbonyl (C=O) groups excluding carboxylic acids is 2. The second-order valence-corrected chi connectivity index (χ2v) is 7.84. The Morgan fingerprint density at radius 2 is 1.90 bits per heavy atom. The van der Waals surface area contributed by atoms with E-state index in [0.717, 1.165) is 17.9 Å². The summed E-state index contributed by atoms with van der Waals surface area (Å²) in [6.07, 6.45) is 0. The third-order valence-corrected chi connectivity index (χ3v) is 5.74. The van der Waals surface area contributed by atoms with Crippen molar-refractivity contribution < 1.29 is 23.8 Å². The summed E-state index contributed by atoms with van der Waals surface area (Å²) in [5.41, 5.74) is 2.77. The van der Waals surface area contributed by atoms with Crippen molar-refractivity contribution in [2.45, 2.75) is 20.4 Å². The number of benzene rings is 1. The number of fused-ring (bicyclic) bond motifs is 1. The van der Waals surface area contributed by atoms with Crippen LogP contribution >= 0.6 is 11.3 Å². The first-order valence-corrected chi connectivity index (χ1v) is 10.2. The Kier molecular flexibility index (Phi) is 5.40. The number of rotatable bonds is 6. The number of aromatic nitrogens is 1. The van der Waals surface area contributed by atoms with E-state index in [4.69, 9.17) is 14.2 Å². The van der Waals surface area contributed by atoms with Crippen LogP contribution in [0.15, 0.2) is 41.8 Å². The van der Waals surface area contributed by atoms with Crippen molar-refractivity contribution in [3.8, 4) is 11.5 Å². The number of carbonyl (C=O) groups is 2. The average molecular weight is 411 g/mol. The number of nitrogens with zero attached hydrogens (tertiary/aromatic N) is 1. The van der Waals surface area contributed by atoms with Gasteiger partial charge in [-0.25, -0.2) is 4.79 Å². The number of Topliss-reactive ketones (excluding diaryl/α,β-unsaturated/α-hetero) is 1. The first kappa shape index (κ1) is 19.3. The number of hydrogen-bond donors (Lipinski definition) is 0. The number of aryl methyl sites for hydroxylation is 1. The number of thiophene rings is 1. The Morgan fingerprint density at radius 1 is 1.10 bits per heavy atom. The molecule has 0 unspecified atom stereocenters. The van der Waals surface area contributed by atoms with Crippen LogP contribution in [0.5, 0.6) is 11.5 Å². The normalized spacial score (nSPS) is 12.6. The monoisotopic (exact) mass is 411 g/mol. The Hall–Kier alpha value is -3.06. The van der Waals surface area contributed by atoms with Crippen LogP contribution in [-0.2, 0) is 11.3 Å². The molecule has 0 saturated heterocycles. The quantitative estimate of drug-likeness (QED) is 0.453. The maximum Gasteiger partial charge on any atom is 0.338 e. The molecule has 1 aliphatic heterocycles. The molecule has 0 saturated carbocycles. The van der Waals surface area contributed by atoms with E-state index in [1.807, 2.05) is 31.4 Å². The fourth-order valence-corrected chi connectivity index (χ4v) is 4.04. The zero-order valence-electron chi connectivity index (χ0n) is 16.3. The topological polar surface area (TPSA) is 66.8 Å². The van der Waals surface area contributed by atoms with Gasteiger partial charge in [0, 0.05) is 21.8 Å². The minimum atomic E-state index is -0.567. The number of esters is 1. The lowest BCUT2D eigenvalue weighted by Gasteiger charge is -2.18. The summed E-state index contributed by atoms with van der Waals surface area (Å²) in [6.45, 7) is 5.21. The Bertz CT molecular complexity index is 1050. The van der Waals surface area contributed by atoms with Crippen molar-refractivity contribution >= 4 is 23.1 Å². The lowest BCUT2D eigenvalue weighted by molar-refractivity contribution is 0.0473. The molecule has 0 aliphatic carbocycles. The minimum Gasteiger partial charge on any atom is -0.486 e. The van der Waals surface area contributed by atoms with Gasteiger partial charge >= 0.3 is 5.97 Å². The van der Waals surface area contributed by atoms with Gasteiger partial charge in [-0.3, -0.25) is 4.79 Å². The second-order valence-electron chi connectivity index (χ2n) is 6.81. The van der Waals surface area contributed by atoms with E-state index >= 15 is 0 Å². The molecule has 1 aliphatic rings. The van der Waals surface area contributed by atoms with Crippen molar-refractivity contribution in [1.29, 1.82) is 0 Å². The predicted octanol–water partition coefficient (Wildman–Crippen LogP) is 4.03. The Morgan fingerprint density at radius 3 is 2.66 bits per heavy atom. The van der Waals surface area contributed by atoms with Crippen molar-refractivity contribution in [2.75, 3.05) is 19.8 Å². The molecule has 0 bridgehead atoms. The van der Waals surface area contributed by atoms with Crippen LogP contribution in [0.1, 0.15) is 37.0 Å². The zero-order valence-corrected chi connectivity index (χ0v) is 17.1. The molecule has 6 nitrogen and oxygen atoms in total. The molecule has 0 amide bonds. The first-order chi connectivity index (χ1) is 14.0. The van der Waals surface area contributed by atoms with Crippen LogP contribution in [0.2, 0.25) is 0 Å². The minimum absolute atomic E-state index is 0.221. The van der Waals surface area contributed by atoms with Crippen molar-refractivity contribution in [3.63, 3.8) is 0 Å². The molecule has 0 N–H and O–H groups in total. The van der Waals surface area contributed by atoms with Gasteiger partial charge in [0.1, 0.15) is 13.2 Å². The van der Waals surface area contributed by atoms with Gasteiger partial charge in [0.25, 0.3) is 0 Å². The molecule has 3 heterocycles. The highest BCUT2D eigenvalue weighted by molar-refractivity contribution is 7.09. The van der Waals surface area contributed by atoms with Crippen LogP contribution in [0.4, 0.5) is 0 Å². The summed E-state index contributed by atoms with van der Waals surface area (Å²) in [6, 6.07) is 10.8. The van der Waals surface area contributed by atoms with Crippen LogP contribution in [0.3, 0.4) is 0 Å². The summed E-state index contributed by atoms with van der Waals surface area (Å²) in [5.74, 6) is 0.320. The molecule has 2 aromatic heterocycles. The number of ether oxygens (including phenoxy) is 3. The third kappa shape index (κ3) is 4.05. The maximum atomic E-state index is 12.7. The lowest BCUT2D eigenvalue weighted by atomic mass is 10.1. The predicted molar refractivity (Wildman–Crippen MR) is 109 cm³/mol. The highest BCUT2D eigenvalue weighted by Gasteiger charge is 2.20. The molecule has 150 valence electrons. The summed E-state index contributed by atoms with van der Waals surface area (Å²) >= 11 is 1.68. The smallest absolute Gasteiger partial charge is 0.338 e. The highest BCUT2D eigenvalue weighted by atomic mass is 32.1. The average Bonchev–Trinajstić information content (AvgIpc) is 3.35. The molecular formula is C22H21NO5S. The molecule has 0 spiro atoms. The summed E-state index contributed by atoms with van der Waals surface area (Å²) in [7, 11) is 0. The molecule has 7 heteroatoms. The fraction of sp³-hybridized carbons (Fsp3) is 0.273. The van der Waals surface area contributed by atoms with Crippen molar-refractivity contribution in [2.24, 2.45) is 0 Å². The number of hydrogen-bond acceptors (Lipinski definition) is 6. The highest BCUT2D eigenvalue weighted by Crippen LogP contribution is 2.31. The third-order valence-electron chi connectivity index (χ3n) is 4.88. The molecule has 3 aromatic rings. The van der Waals surface area contributed by atoms with Gasteiger partial charge in [-0.05, 0) is 49.6 Å². The molecule has 1 aromatic carbocycles. The van der Waals surface area contributed by atoms with E-state index in [0.29, 0.717) is 35.8 Å². The van der Waals surface area contributed by atoms with Gasteiger partial charge < -0.3 is 18.8 Å². The van der Waals surface area contributed by atoms with Crippen molar-refractivity contribution in [3.05, 3.63) is 69.2 Å². The summed E-state index contributed by atoms with van der Waals surface area (Å²) < 4.78 is 18.3. The van der Waals surface area contributed by atoms with E-state index in [1.54, 1.807) is 29.5 Å². The number of ketones is 1. The van der Waals surface area contributed by atoms with Crippen LogP contribution in [0, 0.1) is 13.8 Å². The van der Waals surface area contributed by atoms with Gasteiger partial charge in [-0.1, -0.05) is 6.07 Å². The first-order valence-electron chi connectivity index (χ1n) is 9.32. The molecule has 29 heavy (non-hydrogen) atoms. The van der Waals surface area contributed by atoms with Gasteiger partial charge in [0.15, 0.2) is 18.1 Å². The lowest BCUT2D eigenvalue weighted by Crippen LogP contribution is -2.17. The Balaban J connectivity index is 1.42. The van der Waals surface area contributed by atoms with E-state index in [2.05, 4.69) is 10.6 Å². The summed E-state index contributed by atoms with van der Waals surface area (Å²) in [5, 5.41) is 2.03. The SMILES string of the molecule is Cc1cc(C(=O)COC(=O)c2ccc3c(c2)OCCO3)c(C)n1Cc1cccs1. The van der Waals surface area contributed by atoms with Gasteiger partial charge in [-0.15, -0.1) is 11.3 Å². The summed E-state index contributed by atoms with van der Waals surface area (Å²) in [4.78, 5) is 26.2. The molecular weight excluding hydrogens is 390 g/mol.